The van der Waals surface area contributed by atoms with Crippen molar-refractivity contribution in [2.75, 3.05) is 7.11 Å². The van der Waals surface area contributed by atoms with Crippen LogP contribution >= 0.6 is 0 Å². The normalized spacial score (nSPS) is 18.5. The minimum absolute atomic E-state index is 0.227. The Kier molecular flexibility index (Phi) is 3.53. The minimum atomic E-state index is -0.794. The van der Waals surface area contributed by atoms with Crippen molar-refractivity contribution in [3.8, 4) is 11.1 Å². The maximum Gasteiger partial charge on any atom is 0.345 e. The Morgan fingerprint density at radius 1 is 1.16 bits per heavy atom. The first kappa shape index (κ1) is 15.7. The number of fused-ring (bicyclic) bond motifs is 2. The van der Waals surface area contributed by atoms with Gasteiger partial charge in [0.2, 0.25) is 0 Å². The maximum atomic E-state index is 13.1. The number of hydrogen-bond acceptors (Lipinski definition) is 4. The number of aliphatic hydroxyl groups is 1. The fourth-order valence-corrected chi connectivity index (χ4v) is 4.08. The molecule has 1 aromatic heterocycles. The summed E-state index contributed by atoms with van der Waals surface area (Å²) in [6.45, 7) is 0. The summed E-state index contributed by atoms with van der Waals surface area (Å²) in [6, 6.07) is 11.6. The van der Waals surface area contributed by atoms with Gasteiger partial charge in [-0.25, -0.2) is 4.79 Å². The number of ether oxygens (including phenoxy) is 1. The SMILES string of the molecule is COC(=O)C1=C(O)c2cc(-c3ccccc3)cn2C2(CCCC2)C1=O. The van der Waals surface area contributed by atoms with Gasteiger partial charge in [0.15, 0.2) is 11.5 Å². The topological polar surface area (TPSA) is 68.5 Å². The summed E-state index contributed by atoms with van der Waals surface area (Å²) < 4.78 is 6.62. The van der Waals surface area contributed by atoms with Crippen LogP contribution in [0.4, 0.5) is 0 Å². The van der Waals surface area contributed by atoms with Gasteiger partial charge in [-0.2, -0.15) is 0 Å². The third-order valence-corrected chi connectivity index (χ3v) is 5.34. The molecule has 1 saturated carbocycles. The average molecular weight is 337 g/mol. The molecule has 5 nitrogen and oxygen atoms in total. The highest BCUT2D eigenvalue weighted by Gasteiger charge is 2.51. The third-order valence-electron chi connectivity index (χ3n) is 5.34. The summed E-state index contributed by atoms with van der Waals surface area (Å²) in [6.07, 6.45) is 5.07. The number of aromatic nitrogens is 1. The number of nitrogens with zero attached hydrogens (tertiary/aromatic N) is 1. The summed E-state index contributed by atoms with van der Waals surface area (Å²) in [4.78, 5) is 25.3. The summed E-state index contributed by atoms with van der Waals surface area (Å²) in [5, 5.41) is 10.6. The molecular formula is C20H19NO4. The molecule has 1 aliphatic carbocycles. The molecule has 4 rings (SSSR count). The van der Waals surface area contributed by atoms with E-state index in [2.05, 4.69) is 0 Å². The molecule has 0 saturated heterocycles. The molecule has 1 N–H and O–H groups in total. The van der Waals surface area contributed by atoms with Gasteiger partial charge in [-0.15, -0.1) is 0 Å². The van der Waals surface area contributed by atoms with Crippen LogP contribution in [0.2, 0.25) is 0 Å². The molecule has 25 heavy (non-hydrogen) atoms. The monoisotopic (exact) mass is 337 g/mol. The quantitative estimate of drug-likeness (QED) is 0.673. The molecule has 1 aliphatic heterocycles. The molecule has 2 aliphatic rings. The lowest BCUT2D eigenvalue weighted by atomic mass is 9.83. The minimum Gasteiger partial charge on any atom is -0.505 e. The van der Waals surface area contributed by atoms with Gasteiger partial charge in [-0.3, -0.25) is 4.79 Å². The maximum absolute atomic E-state index is 13.1. The smallest absolute Gasteiger partial charge is 0.345 e. The molecular weight excluding hydrogens is 318 g/mol. The van der Waals surface area contributed by atoms with Gasteiger partial charge >= 0.3 is 5.97 Å². The first-order valence-corrected chi connectivity index (χ1v) is 8.43. The lowest BCUT2D eigenvalue weighted by Gasteiger charge is -2.35. The molecule has 1 fully saturated rings. The van der Waals surface area contributed by atoms with Crippen LogP contribution in [0.3, 0.4) is 0 Å². The Balaban J connectivity index is 1.96. The second-order valence-electron chi connectivity index (χ2n) is 6.63. The number of esters is 1. The molecule has 2 heterocycles. The van der Waals surface area contributed by atoms with Crippen molar-refractivity contribution in [3.63, 3.8) is 0 Å². The van der Waals surface area contributed by atoms with Crippen LogP contribution < -0.4 is 0 Å². The molecule has 0 unspecified atom stereocenters. The highest BCUT2D eigenvalue weighted by molar-refractivity contribution is 6.25. The van der Waals surface area contributed by atoms with Crippen molar-refractivity contribution < 1.29 is 19.4 Å². The summed E-state index contributed by atoms with van der Waals surface area (Å²) in [7, 11) is 1.22. The fraction of sp³-hybridized carbons (Fsp3) is 0.300. The van der Waals surface area contributed by atoms with Gasteiger partial charge in [0.25, 0.3) is 0 Å². The van der Waals surface area contributed by atoms with E-state index in [1.807, 2.05) is 47.2 Å². The first-order valence-electron chi connectivity index (χ1n) is 8.43. The molecule has 1 spiro atoms. The Labute approximate surface area is 145 Å². The van der Waals surface area contributed by atoms with Crippen LogP contribution in [0.5, 0.6) is 0 Å². The van der Waals surface area contributed by atoms with Gasteiger partial charge in [0.1, 0.15) is 11.1 Å². The molecule has 0 amide bonds. The van der Waals surface area contributed by atoms with Gasteiger partial charge < -0.3 is 14.4 Å². The second kappa shape index (κ2) is 5.62. The molecule has 1 aromatic carbocycles. The van der Waals surface area contributed by atoms with Crippen molar-refractivity contribution in [3.05, 3.63) is 53.9 Å². The molecule has 128 valence electrons. The number of benzene rings is 1. The van der Waals surface area contributed by atoms with E-state index in [0.717, 1.165) is 24.0 Å². The molecule has 2 aromatic rings. The number of rotatable bonds is 2. The van der Waals surface area contributed by atoms with E-state index in [4.69, 9.17) is 4.74 Å². The Hall–Kier alpha value is -2.82. The summed E-state index contributed by atoms with van der Waals surface area (Å²) >= 11 is 0. The number of hydrogen-bond donors (Lipinski definition) is 1. The predicted molar refractivity (Wildman–Crippen MR) is 92.9 cm³/mol. The average Bonchev–Trinajstić information content (AvgIpc) is 3.29. The van der Waals surface area contributed by atoms with E-state index in [1.54, 1.807) is 0 Å². The van der Waals surface area contributed by atoms with E-state index in [-0.39, 0.29) is 17.1 Å². The largest absolute Gasteiger partial charge is 0.505 e. The summed E-state index contributed by atoms with van der Waals surface area (Å²) in [5.41, 5.74) is 1.39. The molecule has 0 radical (unpaired) electrons. The van der Waals surface area contributed by atoms with Crippen molar-refractivity contribution in [1.29, 1.82) is 0 Å². The van der Waals surface area contributed by atoms with Crippen LogP contribution in [0.25, 0.3) is 16.9 Å². The second-order valence-corrected chi connectivity index (χ2v) is 6.63. The molecule has 0 atom stereocenters. The summed E-state index contributed by atoms with van der Waals surface area (Å²) in [5.74, 6) is -1.41. The van der Waals surface area contributed by atoms with Crippen LogP contribution in [0.1, 0.15) is 31.4 Å². The predicted octanol–water partition coefficient (Wildman–Crippen LogP) is 3.45. The number of carbonyl (C=O) groups is 2. The van der Waals surface area contributed by atoms with Crippen LogP contribution in [0, 0.1) is 0 Å². The van der Waals surface area contributed by atoms with Gasteiger partial charge in [-0.05, 0) is 24.5 Å². The molecule has 5 heteroatoms. The highest BCUT2D eigenvalue weighted by atomic mass is 16.5. The Bertz CT molecular complexity index is 886. The van der Waals surface area contributed by atoms with Gasteiger partial charge in [-0.1, -0.05) is 43.2 Å². The van der Waals surface area contributed by atoms with Crippen molar-refractivity contribution in [2.45, 2.75) is 31.2 Å². The van der Waals surface area contributed by atoms with E-state index in [9.17, 15) is 14.7 Å². The number of ketones is 1. The third kappa shape index (κ3) is 2.15. The number of Topliss-reactive ketones (excluding diaryl/α,β-unsaturated/α-hetero) is 1. The zero-order valence-corrected chi connectivity index (χ0v) is 14.0. The lowest BCUT2D eigenvalue weighted by molar-refractivity contribution is -0.139. The number of carbonyl (C=O) groups excluding carboxylic acids is 2. The first-order chi connectivity index (χ1) is 12.1. The highest BCUT2D eigenvalue weighted by Crippen LogP contribution is 2.46. The van der Waals surface area contributed by atoms with E-state index < -0.39 is 11.5 Å². The van der Waals surface area contributed by atoms with Crippen molar-refractivity contribution >= 4 is 17.5 Å². The Morgan fingerprint density at radius 3 is 2.48 bits per heavy atom. The zero-order valence-electron chi connectivity index (χ0n) is 14.0. The standard InChI is InChI=1S/C20H19NO4/c1-25-19(24)16-17(22)15-11-14(13-7-3-2-4-8-13)12-21(15)20(18(16)23)9-5-6-10-20/h2-4,7-8,11-12,22H,5-6,9-10H2,1H3. The van der Waals surface area contributed by atoms with Crippen LogP contribution in [-0.4, -0.2) is 28.5 Å². The van der Waals surface area contributed by atoms with E-state index >= 15 is 0 Å². The zero-order chi connectivity index (χ0) is 17.6. The van der Waals surface area contributed by atoms with Gasteiger partial charge in [0.05, 0.1) is 12.8 Å². The van der Waals surface area contributed by atoms with Gasteiger partial charge in [0, 0.05) is 11.8 Å². The molecule has 0 bridgehead atoms. The van der Waals surface area contributed by atoms with E-state index in [1.165, 1.54) is 7.11 Å². The Morgan fingerprint density at radius 2 is 1.84 bits per heavy atom. The number of aliphatic hydroxyl groups excluding tert-OH is 1. The lowest BCUT2D eigenvalue weighted by Crippen LogP contribution is -2.45. The number of methoxy groups -OCH3 is 1. The van der Waals surface area contributed by atoms with Crippen LogP contribution in [0.15, 0.2) is 48.2 Å². The van der Waals surface area contributed by atoms with E-state index in [0.29, 0.717) is 18.5 Å². The van der Waals surface area contributed by atoms with Crippen molar-refractivity contribution in [1.82, 2.24) is 4.57 Å². The van der Waals surface area contributed by atoms with Crippen molar-refractivity contribution in [2.24, 2.45) is 0 Å². The van der Waals surface area contributed by atoms with Crippen LogP contribution in [-0.2, 0) is 19.9 Å². The fourth-order valence-electron chi connectivity index (χ4n) is 4.08.